The van der Waals surface area contributed by atoms with E-state index >= 15 is 0 Å². The number of nitrogens with one attached hydrogen (secondary N) is 2. The molecule has 2 aromatic heterocycles. The molecule has 0 saturated carbocycles. The lowest BCUT2D eigenvalue weighted by Crippen LogP contribution is -2.11. The van der Waals surface area contributed by atoms with E-state index in [0.29, 0.717) is 17.2 Å². The van der Waals surface area contributed by atoms with E-state index in [9.17, 15) is 4.79 Å². The Balaban J connectivity index is 2.28. The largest absolute Gasteiger partial charge is 0.298 e. The van der Waals surface area contributed by atoms with Crippen LogP contribution in [0, 0.1) is 6.92 Å². The van der Waals surface area contributed by atoms with Gasteiger partial charge in [-0.15, -0.1) is 10.2 Å². The average Bonchev–Trinajstić information content (AvgIpc) is 2.84. The van der Waals surface area contributed by atoms with Gasteiger partial charge in [-0.1, -0.05) is 20.8 Å². The van der Waals surface area contributed by atoms with E-state index in [1.165, 1.54) is 4.68 Å². The summed E-state index contributed by atoms with van der Waals surface area (Å²) in [7, 11) is 1.64. The molecule has 0 atom stereocenters. The second-order valence-corrected chi connectivity index (χ2v) is 5.54. The molecular formula is C12H18N6O. The van der Waals surface area contributed by atoms with Crippen molar-refractivity contribution in [3.05, 3.63) is 27.8 Å². The number of H-pyrrole nitrogens is 2. The van der Waals surface area contributed by atoms with Crippen molar-refractivity contribution in [1.82, 2.24) is 20.0 Å². The van der Waals surface area contributed by atoms with Gasteiger partial charge in [0, 0.05) is 24.2 Å². The van der Waals surface area contributed by atoms with E-state index in [2.05, 4.69) is 46.3 Å². The van der Waals surface area contributed by atoms with Crippen LogP contribution < -0.4 is 5.56 Å². The molecule has 0 saturated heterocycles. The van der Waals surface area contributed by atoms with Gasteiger partial charge in [0.2, 0.25) is 0 Å². The van der Waals surface area contributed by atoms with Crippen molar-refractivity contribution in [2.24, 2.45) is 17.3 Å². The Morgan fingerprint density at radius 1 is 1.32 bits per heavy atom. The first-order valence-corrected chi connectivity index (χ1v) is 6.02. The quantitative estimate of drug-likeness (QED) is 0.814. The van der Waals surface area contributed by atoms with Crippen LogP contribution in [0.25, 0.3) is 0 Å². The highest BCUT2D eigenvalue weighted by molar-refractivity contribution is 5.39. The van der Waals surface area contributed by atoms with Crippen LogP contribution in [-0.4, -0.2) is 20.0 Å². The molecule has 0 radical (unpaired) electrons. The van der Waals surface area contributed by atoms with Crippen LogP contribution in [0.15, 0.2) is 21.1 Å². The zero-order valence-corrected chi connectivity index (χ0v) is 11.8. The highest BCUT2D eigenvalue weighted by Crippen LogP contribution is 2.24. The van der Waals surface area contributed by atoms with Gasteiger partial charge in [0.15, 0.2) is 11.5 Å². The van der Waals surface area contributed by atoms with Crippen molar-refractivity contribution in [3.63, 3.8) is 0 Å². The van der Waals surface area contributed by atoms with Gasteiger partial charge < -0.3 is 0 Å². The van der Waals surface area contributed by atoms with Crippen LogP contribution in [0.4, 0.5) is 11.5 Å². The van der Waals surface area contributed by atoms with E-state index in [-0.39, 0.29) is 11.0 Å². The standard InChI is InChI=1S/C12H18N6O/c1-7-10(11(19)18(5)17-7)16-15-9-6-8(13-14-9)12(2,3)4/h6,17H,1-5H3,(H,13,14). The fourth-order valence-electron chi connectivity index (χ4n) is 1.64. The number of azo groups is 1. The average molecular weight is 262 g/mol. The summed E-state index contributed by atoms with van der Waals surface area (Å²) in [6, 6.07) is 1.83. The van der Waals surface area contributed by atoms with Crippen LogP contribution in [0.1, 0.15) is 32.2 Å². The molecule has 7 heteroatoms. The molecule has 0 aliphatic heterocycles. The van der Waals surface area contributed by atoms with Gasteiger partial charge in [-0.05, 0) is 6.92 Å². The molecule has 2 rings (SSSR count). The number of aromatic amines is 2. The second kappa shape index (κ2) is 4.49. The molecule has 2 N–H and O–H groups in total. The minimum atomic E-state index is -0.201. The van der Waals surface area contributed by atoms with Crippen molar-refractivity contribution >= 4 is 11.5 Å². The number of aromatic nitrogens is 4. The van der Waals surface area contributed by atoms with Gasteiger partial charge in [-0.3, -0.25) is 19.7 Å². The summed E-state index contributed by atoms with van der Waals surface area (Å²) in [5, 5.41) is 17.8. The van der Waals surface area contributed by atoms with E-state index in [1.807, 2.05) is 6.07 Å². The van der Waals surface area contributed by atoms with Gasteiger partial charge in [0.1, 0.15) is 0 Å². The Labute approximate surface area is 110 Å². The molecule has 0 fully saturated rings. The normalized spacial score (nSPS) is 12.5. The first-order chi connectivity index (χ1) is 8.79. The summed E-state index contributed by atoms with van der Waals surface area (Å²) in [6.07, 6.45) is 0. The molecule has 0 amide bonds. The highest BCUT2D eigenvalue weighted by Gasteiger charge is 2.16. The van der Waals surface area contributed by atoms with Gasteiger partial charge in [-0.25, -0.2) is 0 Å². The van der Waals surface area contributed by atoms with Crippen LogP contribution in [0.3, 0.4) is 0 Å². The number of hydrogen-bond acceptors (Lipinski definition) is 4. The zero-order valence-electron chi connectivity index (χ0n) is 11.8. The Morgan fingerprint density at radius 3 is 2.47 bits per heavy atom. The lowest BCUT2D eigenvalue weighted by atomic mass is 9.92. The van der Waals surface area contributed by atoms with Crippen molar-refractivity contribution in [2.75, 3.05) is 0 Å². The molecule has 0 unspecified atom stereocenters. The van der Waals surface area contributed by atoms with Gasteiger partial charge in [0.05, 0.1) is 5.69 Å². The van der Waals surface area contributed by atoms with Crippen LogP contribution in [0.2, 0.25) is 0 Å². The number of aryl methyl sites for hydroxylation is 2. The molecule has 0 bridgehead atoms. The predicted molar refractivity (Wildman–Crippen MR) is 72.2 cm³/mol. The maximum atomic E-state index is 11.7. The fourth-order valence-corrected chi connectivity index (χ4v) is 1.64. The maximum Gasteiger partial charge on any atom is 0.294 e. The van der Waals surface area contributed by atoms with Gasteiger partial charge >= 0.3 is 0 Å². The molecule has 0 spiro atoms. The van der Waals surface area contributed by atoms with E-state index in [4.69, 9.17) is 0 Å². The Morgan fingerprint density at radius 2 is 2.00 bits per heavy atom. The molecule has 0 aromatic carbocycles. The smallest absolute Gasteiger partial charge is 0.294 e. The SMILES string of the molecule is Cc1[nH]n(C)c(=O)c1N=Nc1cc(C(C)(C)C)[nH]n1. The summed E-state index contributed by atoms with van der Waals surface area (Å²) >= 11 is 0. The number of rotatable bonds is 2. The summed E-state index contributed by atoms with van der Waals surface area (Å²) in [4.78, 5) is 11.7. The van der Waals surface area contributed by atoms with E-state index in [1.54, 1.807) is 14.0 Å². The van der Waals surface area contributed by atoms with Crippen molar-refractivity contribution in [1.29, 1.82) is 0 Å². The molecular weight excluding hydrogens is 244 g/mol. The van der Waals surface area contributed by atoms with Crippen molar-refractivity contribution in [3.8, 4) is 0 Å². The third-order valence-corrected chi connectivity index (χ3v) is 2.82. The maximum absolute atomic E-state index is 11.7. The second-order valence-electron chi connectivity index (χ2n) is 5.54. The lowest BCUT2D eigenvalue weighted by Gasteiger charge is -2.14. The number of hydrogen-bond donors (Lipinski definition) is 2. The van der Waals surface area contributed by atoms with E-state index in [0.717, 1.165) is 5.69 Å². The lowest BCUT2D eigenvalue weighted by molar-refractivity contribution is 0.567. The topological polar surface area (TPSA) is 91.2 Å². The fraction of sp³-hybridized carbons (Fsp3) is 0.500. The Bertz CT molecular complexity index is 667. The summed E-state index contributed by atoms with van der Waals surface area (Å²) < 4.78 is 1.37. The third kappa shape index (κ3) is 2.64. The minimum Gasteiger partial charge on any atom is -0.298 e. The molecule has 0 aliphatic carbocycles. The summed E-state index contributed by atoms with van der Waals surface area (Å²) in [5.41, 5.74) is 1.74. The monoisotopic (exact) mass is 262 g/mol. The van der Waals surface area contributed by atoms with Crippen molar-refractivity contribution < 1.29 is 0 Å². The molecule has 2 aromatic rings. The Kier molecular flexibility index (Phi) is 3.13. The highest BCUT2D eigenvalue weighted by atomic mass is 16.1. The van der Waals surface area contributed by atoms with E-state index < -0.39 is 0 Å². The van der Waals surface area contributed by atoms with Crippen LogP contribution in [0.5, 0.6) is 0 Å². The first-order valence-electron chi connectivity index (χ1n) is 6.02. The minimum absolute atomic E-state index is 0.0269. The van der Waals surface area contributed by atoms with Crippen LogP contribution >= 0.6 is 0 Å². The molecule has 0 aliphatic rings. The summed E-state index contributed by atoms with van der Waals surface area (Å²) in [5.74, 6) is 0.465. The Hall–Kier alpha value is -2.18. The van der Waals surface area contributed by atoms with Gasteiger partial charge in [-0.2, -0.15) is 5.10 Å². The van der Waals surface area contributed by atoms with Crippen LogP contribution in [-0.2, 0) is 12.5 Å². The molecule has 2 heterocycles. The third-order valence-electron chi connectivity index (χ3n) is 2.82. The summed E-state index contributed by atoms with van der Waals surface area (Å²) in [6.45, 7) is 8.01. The van der Waals surface area contributed by atoms with Gasteiger partial charge in [0.25, 0.3) is 5.56 Å². The predicted octanol–water partition coefficient (Wildman–Crippen LogP) is 2.46. The van der Waals surface area contributed by atoms with Crippen molar-refractivity contribution in [2.45, 2.75) is 33.1 Å². The zero-order chi connectivity index (χ0) is 14.2. The molecule has 19 heavy (non-hydrogen) atoms. The first kappa shape index (κ1) is 13.3. The number of nitrogens with zero attached hydrogens (tertiary/aromatic N) is 4. The molecule has 7 nitrogen and oxygen atoms in total. The molecule has 102 valence electrons.